The van der Waals surface area contributed by atoms with Crippen molar-refractivity contribution in [2.75, 3.05) is 7.05 Å². The maximum Gasteiger partial charge on any atom is 0.142 e. The number of Topliss-reactive ketones (excluding diaryl/α,β-unsaturated/α-hetero) is 1. The quantitative estimate of drug-likeness (QED) is 0.824. The fourth-order valence-corrected chi connectivity index (χ4v) is 3.95. The molecule has 0 spiro atoms. The van der Waals surface area contributed by atoms with E-state index in [-0.39, 0.29) is 23.9 Å². The topological polar surface area (TPSA) is 20.3 Å². The molecule has 0 bridgehead atoms. The van der Waals surface area contributed by atoms with Crippen molar-refractivity contribution in [3.8, 4) is 0 Å². The average molecular weight is 293 g/mol. The molecule has 1 aliphatic rings. The van der Waals surface area contributed by atoms with Crippen LogP contribution in [0.5, 0.6) is 0 Å². The Morgan fingerprint density at radius 2 is 1.09 bits per heavy atom. The molecule has 2 aromatic rings. The minimum Gasteiger partial charge on any atom is -0.299 e. The van der Waals surface area contributed by atoms with Gasteiger partial charge in [0.25, 0.3) is 0 Å². The predicted molar refractivity (Wildman–Crippen MR) is 89.5 cm³/mol. The van der Waals surface area contributed by atoms with Crippen LogP contribution in [0.15, 0.2) is 60.7 Å². The summed E-state index contributed by atoms with van der Waals surface area (Å²) in [6, 6.07) is 21.0. The number of piperidine rings is 1. The van der Waals surface area contributed by atoms with Gasteiger partial charge >= 0.3 is 0 Å². The van der Waals surface area contributed by atoms with Gasteiger partial charge in [0.2, 0.25) is 0 Å². The van der Waals surface area contributed by atoms with Crippen LogP contribution >= 0.6 is 0 Å². The number of carbonyl (C=O) groups is 1. The minimum atomic E-state index is 0.0161. The smallest absolute Gasteiger partial charge is 0.142 e. The molecule has 3 rings (SSSR count). The van der Waals surface area contributed by atoms with E-state index in [1.807, 2.05) is 12.1 Å². The minimum absolute atomic E-state index is 0.0161. The maximum absolute atomic E-state index is 12.8. The number of likely N-dealkylation sites (tertiary alicyclic amines) is 1. The van der Waals surface area contributed by atoms with Crippen LogP contribution in [0, 0.1) is 11.8 Å². The van der Waals surface area contributed by atoms with Crippen molar-refractivity contribution in [1.82, 2.24) is 4.90 Å². The molecule has 2 heteroatoms. The Hall–Kier alpha value is -1.93. The summed E-state index contributed by atoms with van der Waals surface area (Å²) in [5.74, 6) is 0.394. The van der Waals surface area contributed by atoms with Crippen LogP contribution in [0.3, 0.4) is 0 Å². The monoisotopic (exact) mass is 293 g/mol. The van der Waals surface area contributed by atoms with Gasteiger partial charge in [-0.2, -0.15) is 0 Å². The number of carbonyl (C=O) groups excluding carboxylic acids is 1. The largest absolute Gasteiger partial charge is 0.299 e. The van der Waals surface area contributed by atoms with Crippen LogP contribution in [0.2, 0.25) is 0 Å². The number of hydrogen-bond acceptors (Lipinski definition) is 2. The molecule has 1 aliphatic heterocycles. The molecule has 2 aromatic carbocycles. The first-order chi connectivity index (χ1) is 10.6. The highest BCUT2D eigenvalue weighted by molar-refractivity contribution is 5.85. The lowest BCUT2D eigenvalue weighted by atomic mass is 9.75. The molecule has 0 amide bonds. The summed E-state index contributed by atoms with van der Waals surface area (Å²) in [6.07, 6.45) is 0. The molecule has 0 radical (unpaired) electrons. The maximum atomic E-state index is 12.8. The van der Waals surface area contributed by atoms with Gasteiger partial charge in [-0.05, 0) is 18.2 Å². The molecule has 4 atom stereocenters. The van der Waals surface area contributed by atoms with Gasteiger partial charge < -0.3 is 0 Å². The third-order valence-corrected chi connectivity index (χ3v) is 5.00. The summed E-state index contributed by atoms with van der Waals surface area (Å²) >= 11 is 0. The number of nitrogens with zero attached hydrogens (tertiary/aromatic N) is 1. The van der Waals surface area contributed by atoms with Crippen molar-refractivity contribution >= 4 is 5.78 Å². The van der Waals surface area contributed by atoms with Gasteiger partial charge in [-0.1, -0.05) is 74.5 Å². The van der Waals surface area contributed by atoms with Crippen molar-refractivity contribution < 1.29 is 4.79 Å². The van der Waals surface area contributed by atoms with Crippen LogP contribution in [0.25, 0.3) is 0 Å². The van der Waals surface area contributed by atoms with Crippen LogP contribution < -0.4 is 0 Å². The third kappa shape index (κ3) is 2.48. The lowest BCUT2D eigenvalue weighted by molar-refractivity contribution is -0.136. The van der Waals surface area contributed by atoms with Gasteiger partial charge in [-0.3, -0.25) is 9.69 Å². The van der Waals surface area contributed by atoms with E-state index in [9.17, 15) is 4.79 Å². The molecule has 114 valence electrons. The van der Waals surface area contributed by atoms with E-state index in [1.165, 1.54) is 11.1 Å². The Morgan fingerprint density at radius 1 is 0.727 bits per heavy atom. The predicted octanol–water partition coefficient (Wildman–Crippen LogP) is 4.26. The second kappa shape index (κ2) is 6.05. The average Bonchev–Trinajstić information content (AvgIpc) is 2.55. The van der Waals surface area contributed by atoms with Gasteiger partial charge in [0, 0.05) is 23.9 Å². The Kier molecular flexibility index (Phi) is 4.12. The molecular formula is C20H23NO. The van der Waals surface area contributed by atoms with Crippen LogP contribution in [-0.4, -0.2) is 17.7 Å². The highest BCUT2D eigenvalue weighted by atomic mass is 16.1. The lowest BCUT2D eigenvalue weighted by Gasteiger charge is -2.46. The Morgan fingerprint density at radius 3 is 1.45 bits per heavy atom. The summed E-state index contributed by atoms with van der Waals surface area (Å²) in [5.41, 5.74) is 2.44. The van der Waals surface area contributed by atoms with Gasteiger partial charge in [0.05, 0.1) is 0 Å². The molecule has 1 heterocycles. The number of ketones is 1. The Bertz CT molecular complexity index is 582. The van der Waals surface area contributed by atoms with E-state index in [1.54, 1.807) is 0 Å². The van der Waals surface area contributed by atoms with Crippen molar-refractivity contribution in [3.05, 3.63) is 71.8 Å². The molecule has 1 saturated heterocycles. The summed E-state index contributed by atoms with van der Waals surface area (Å²) in [6.45, 7) is 4.13. The summed E-state index contributed by atoms with van der Waals surface area (Å²) < 4.78 is 0. The summed E-state index contributed by atoms with van der Waals surface area (Å²) in [5, 5.41) is 0. The van der Waals surface area contributed by atoms with E-state index in [0.29, 0.717) is 5.78 Å². The first kappa shape index (κ1) is 15.0. The molecular weight excluding hydrogens is 270 g/mol. The Labute approximate surface area is 132 Å². The van der Waals surface area contributed by atoms with E-state index < -0.39 is 0 Å². The third-order valence-electron chi connectivity index (χ3n) is 5.00. The van der Waals surface area contributed by atoms with Crippen LogP contribution in [0.1, 0.15) is 37.1 Å². The van der Waals surface area contributed by atoms with Crippen molar-refractivity contribution in [2.45, 2.75) is 25.9 Å². The molecule has 0 saturated carbocycles. The van der Waals surface area contributed by atoms with E-state index in [0.717, 1.165) is 0 Å². The zero-order valence-electron chi connectivity index (χ0n) is 13.4. The molecule has 0 N–H and O–H groups in total. The molecule has 1 fully saturated rings. The number of hydrogen-bond donors (Lipinski definition) is 0. The fraction of sp³-hybridized carbons (Fsp3) is 0.350. The SMILES string of the molecule is C[C@@H]1C(=O)[C@H](C)[C@@H](c2ccccc2)N(C)[C@@H]1c1ccccc1. The molecule has 0 unspecified atom stereocenters. The van der Waals surface area contributed by atoms with Gasteiger partial charge in [0.1, 0.15) is 5.78 Å². The first-order valence-corrected chi connectivity index (χ1v) is 7.97. The fourth-order valence-electron chi connectivity index (χ4n) is 3.95. The second-order valence-electron chi connectivity index (χ2n) is 6.36. The van der Waals surface area contributed by atoms with Crippen molar-refractivity contribution in [2.24, 2.45) is 11.8 Å². The molecule has 0 aliphatic carbocycles. The highest BCUT2D eigenvalue weighted by Crippen LogP contribution is 2.44. The highest BCUT2D eigenvalue weighted by Gasteiger charge is 2.43. The van der Waals surface area contributed by atoms with E-state index >= 15 is 0 Å². The molecule has 0 aromatic heterocycles. The normalized spacial score (nSPS) is 29.5. The second-order valence-corrected chi connectivity index (χ2v) is 6.36. The summed E-state index contributed by atoms with van der Waals surface area (Å²) in [7, 11) is 2.15. The van der Waals surface area contributed by atoms with Crippen molar-refractivity contribution in [3.63, 3.8) is 0 Å². The van der Waals surface area contributed by atoms with E-state index in [2.05, 4.69) is 74.3 Å². The Balaban J connectivity index is 2.03. The van der Waals surface area contributed by atoms with E-state index in [4.69, 9.17) is 0 Å². The van der Waals surface area contributed by atoms with Crippen LogP contribution in [-0.2, 0) is 4.79 Å². The standard InChI is InChI=1S/C20H23NO/c1-14-18(16-10-6-4-7-11-16)21(3)19(15(2)20(14)22)17-12-8-5-9-13-17/h4-15,18-19H,1-3H3/t14-,15+,18-,19-/m0/s1. The lowest BCUT2D eigenvalue weighted by Crippen LogP contribution is -2.47. The zero-order valence-corrected chi connectivity index (χ0v) is 13.4. The van der Waals surface area contributed by atoms with Crippen molar-refractivity contribution in [1.29, 1.82) is 0 Å². The number of benzene rings is 2. The van der Waals surface area contributed by atoms with Gasteiger partial charge in [0.15, 0.2) is 0 Å². The molecule has 2 nitrogen and oxygen atoms in total. The summed E-state index contributed by atoms with van der Waals surface area (Å²) in [4.78, 5) is 15.2. The zero-order chi connectivity index (χ0) is 15.7. The van der Waals surface area contributed by atoms with Gasteiger partial charge in [-0.25, -0.2) is 0 Å². The van der Waals surface area contributed by atoms with Crippen LogP contribution in [0.4, 0.5) is 0 Å². The number of rotatable bonds is 2. The van der Waals surface area contributed by atoms with Gasteiger partial charge in [-0.15, -0.1) is 0 Å². The first-order valence-electron chi connectivity index (χ1n) is 7.97. The molecule has 22 heavy (non-hydrogen) atoms.